The molecule has 0 fully saturated rings. The lowest BCUT2D eigenvalue weighted by atomic mass is 10.0. The van der Waals surface area contributed by atoms with Gasteiger partial charge >= 0.3 is 0 Å². The van der Waals surface area contributed by atoms with Crippen LogP contribution in [0.1, 0.15) is 5.56 Å². The van der Waals surface area contributed by atoms with Gasteiger partial charge in [-0.25, -0.2) is 0 Å². The minimum absolute atomic E-state index is 0.174. The van der Waals surface area contributed by atoms with Crippen LogP contribution in [0.15, 0.2) is 54.1 Å². The third kappa shape index (κ3) is 3.48. The van der Waals surface area contributed by atoms with Crippen LogP contribution in [0.2, 0.25) is 5.02 Å². The Bertz CT molecular complexity index is 805. The number of hydrazine groups is 1. The number of para-hydroxylation sites is 1. The van der Waals surface area contributed by atoms with E-state index < -0.39 is 6.23 Å². The van der Waals surface area contributed by atoms with Gasteiger partial charge in [0.25, 0.3) is 0 Å². The summed E-state index contributed by atoms with van der Waals surface area (Å²) >= 11 is 6.21. The number of Topliss-reactive ketones (excluding diaryl/α,β-unsaturated/α-hetero) is 1. The summed E-state index contributed by atoms with van der Waals surface area (Å²) < 4.78 is 5.11. The number of benzene rings is 2. The van der Waals surface area contributed by atoms with E-state index in [2.05, 4.69) is 6.20 Å². The van der Waals surface area contributed by atoms with E-state index in [1.54, 1.807) is 49.5 Å². The molecule has 0 spiro atoms. The fourth-order valence-electron chi connectivity index (χ4n) is 2.73. The first kappa shape index (κ1) is 17.3. The summed E-state index contributed by atoms with van der Waals surface area (Å²) in [5.74, 6) is 0.534. The highest BCUT2D eigenvalue weighted by Crippen LogP contribution is 2.32. The Kier molecular flexibility index (Phi) is 4.97. The van der Waals surface area contributed by atoms with Crippen LogP contribution in [0, 0.1) is 6.20 Å². The molecule has 5 nitrogen and oxygen atoms in total. The molecule has 0 bridgehead atoms. The molecule has 1 N–H and O–H groups in total. The highest BCUT2D eigenvalue weighted by Gasteiger charge is 2.35. The summed E-state index contributed by atoms with van der Waals surface area (Å²) in [4.78, 5) is 12.6. The Morgan fingerprint density at radius 1 is 1.24 bits per heavy atom. The van der Waals surface area contributed by atoms with Crippen molar-refractivity contribution in [3.63, 3.8) is 0 Å². The third-order valence-electron chi connectivity index (χ3n) is 4.02. The minimum Gasteiger partial charge on any atom is -0.497 e. The first-order valence-electron chi connectivity index (χ1n) is 7.76. The molecule has 129 valence electrons. The number of carbonyl (C=O) groups excluding carboxylic acids is 1. The van der Waals surface area contributed by atoms with Crippen molar-refractivity contribution in [1.29, 1.82) is 0 Å². The number of rotatable bonds is 5. The zero-order valence-electron chi connectivity index (χ0n) is 13.9. The first-order valence-corrected chi connectivity index (χ1v) is 8.14. The normalized spacial score (nSPS) is 16.8. The van der Waals surface area contributed by atoms with Gasteiger partial charge in [-0.3, -0.25) is 14.8 Å². The molecule has 0 aliphatic carbocycles. The third-order valence-corrected chi connectivity index (χ3v) is 4.34. The SMILES string of the molecule is COc1ccc(CC(=O)C2=[C]N(C)N(c3ccccc3Cl)C2O)cc1. The number of hydrogen-bond donors (Lipinski definition) is 1. The minimum atomic E-state index is -1.13. The smallest absolute Gasteiger partial charge is 0.177 e. The van der Waals surface area contributed by atoms with Crippen LogP contribution in [-0.2, 0) is 11.2 Å². The second kappa shape index (κ2) is 7.17. The number of methoxy groups -OCH3 is 1. The van der Waals surface area contributed by atoms with Crippen LogP contribution >= 0.6 is 11.6 Å². The Hall–Kier alpha value is -2.50. The highest BCUT2D eigenvalue weighted by atomic mass is 35.5. The highest BCUT2D eigenvalue weighted by molar-refractivity contribution is 6.33. The van der Waals surface area contributed by atoms with Gasteiger partial charge in [-0.15, -0.1) is 0 Å². The number of nitrogens with zero attached hydrogens (tertiary/aromatic N) is 2. The van der Waals surface area contributed by atoms with Crippen molar-refractivity contribution in [2.75, 3.05) is 19.2 Å². The lowest BCUT2D eigenvalue weighted by Gasteiger charge is -2.30. The summed E-state index contributed by atoms with van der Waals surface area (Å²) in [5, 5.41) is 14.2. The van der Waals surface area contributed by atoms with Gasteiger partial charge in [-0.1, -0.05) is 35.9 Å². The van der Waals surface area contributed by atoms with Crippen molar-refractivity contribution in [3.8, 4) is 5.75 Å². The summed E-state index contributed by atoms with van der Waals surface area (Å²) in [6, 6.07) is 14.4. The van der Waals surface area contributed by atoms with E-state index in [0.717, 1.165) is 11.3 Å². The quantitative estimate of drug-likeness (QED) is 0.891. The molecule has 1 aliphatic heterocycles. The van der Waals surface area contributed by atoms with Crippen LogP contribution in [-0.4, -0.2) is 36.3 Å². The van der Waals surface area contributed by atoms with Gasteiger partial charge in [-0.2, -0.15) is 0 Å². The summed E-state index contributed by atoms with van der Waals surface area (Å²) in [7, 11) is 3.30. The average molecular weight is 358 g/mol. The van der Waals surface area contributed by atoms with Gasteiger partial charge < -0.3 is 9.84 Å². The molecule has 0 saturated carbocycles. The van der Waals surface area contributed by atoms with Crippen LogP contribution in [0.25, 0.3) is 0 Å². The average Bonchev–Trinajstić information content (AvgIpc) is 2.91. The number of carbonyl (C=O) groups is 1. The van der Waals surface area contributed by atoms with E-state index in [9.17, 15) is 9.90 Å². The number of halogens is 1. The second-order valence-electron chi connectivity index (χ2n) is 5.67. The van der Waals surface area contributed by atoms with Crippen molar-refractivity contribution < 1.29 is 14.6 Å². The molecule has 3 rings (SSSR count). The van der Waals surface area contributed by atoms with E-state index in [-0.39, 0.29) is 17.8 Å². The number of ether oxygens (including phenoxy) is 1. The van der Waals surface area contributed by atoms with E-state index >= 15 is 0 Å². The summed E-state index contributed by atoms with van der Waals surface area (Å²) in [6.45, 7) is 0. The molecule has 1 atom stereocenters. The molecule has 1 aliphatic rings. The van der Waals surface area contributed by atoms with E-state index in [1.807, 2.05) is 18.2 Å². The standard InChI is InChI=1S/C19H18ClN2O3/c1-21-12-15(18(23)11-13-7-9-14(25-2)10-8-13)19(24)22(21)17-6-4-3-5-16(17)20/h3-10,19,24H,11H2,1-2H3. The van der Waals surface area contributed by atoms with Crippen LogP contribution in [0.4, 0.5) is 5.69 Å². The van der Waals surface area contributed by atoms with Crippen LogP contribution in [0.5, 0.6) is 5.75 Å². The molecule has 1 heterocycles. The van der Waals surface area contributed by atoms with E-state index in [0.29, 0.717) is 10.7 Å². The Morgan fingerprint density at radius 2 is 1.92 bits per heavy atom. The van der Waals surface area contributed by atoms with Gasteiger partial charge in [0.1, 0.15) is 5.75 Å². The van der Waals surface area contributed by atoms with Crippen LogP contribution < -0.4 is 9.75 Å². The molecule has 6 heteroatoms. The largest absolute Gasteiger partial charge is 0.497 e. The molecule has 2 aromatic carbocycles. The predicted molar refractivity (Wildman–Crippen MR) is 96.2 cm³/mol. The number of anilines is 1. The topological polar surface area (TPSA) is 53.0 Å². The van der Waals surface area contributed by atoms with E-state index in [4.69, 9.17) is 16.3 Å². The molecular formula is C19H18ClN2O3. The van der Waals surface area contributed by atoms with Gasteiger partial charge in [0, 0.05) is 13.5 Å². The van der Waals surface area contributed by atoms with Crippen molar-refractivity contribution >= 4 is 23.1 Å². The molecule has 0 aromatic heterocycles. The van der Waals surface area contributed by atoms with Gasteiger partial charge in [0.2, 0.25) is 0 Å². The maximum Gasteiger partial charge on any atom is 0.177 e. The maximum absolute atomic E-state index is 12.6. The summed E-state index contributed by atoms with van der Waals surface area (Å²) in [6.07, 6.45) is 1.96. The van der Waals surface area contributed by atoms with Crippen LogP contribution in [0.3, 0.4) is 0 Å². The van der Waals surface area contributed by atoms with Crippen molar-refractivity contribution in [1.82, 2.24) is 5.01 Å². The Balaban J connectivity index is 1.77. The molecule has 2 aromatic rings. The maximum atomic E-state index is 12.6. The lowest BCUT2D eigenvalue weighted by Crippen LogP contribution is -2.40. The zero-order valence-corrected chi connectivity index (χ0v) is 14.7. The number of aliphatic hydroxyl groups excluding tert-OH is 1. The molecule has 1 unspecified atom stereocenters. The second-order valence-corrected chi connectivity index (χ2v) is 6.07. The van der Waals surface area contributed by atoms with Gasteiger partial charge in [0.15, 0.2) is 12.0 Å². The lowest BCUT2D eigenvalue weighted by molar-refractivity contribution is -0.115. The Labute approximate surface area is 151 Å². The zero-order chi connectivity index (χ0) is 18.0. The number of aliphatic hydroxyl groups is 1. The molecule has 0 amide bonds. The van der Waals surface area contributed by atoms with Crippen molar-refractivity contribution in [2.24, 2.45) is 0 Å². The molecule has 25 heavy (non-hydrogen) atoms. The summed E-state index contributed by atoms with van der Waals surface area (Å²) in [5.41, 5.74) is 1.66. The number of ketones is 1. The van der Waals surface area contributed by atoms with Gasteiger partial charge in [-0.05, 0) is 29.8 Å². The van der Waals surface area contributed by atoms with Gasteiger partial charge in [0.05, 0.1) is 29.6 Å². The van der Waals surface area contributed by atoms with Crippen molar-refractivity contribution in [3.05, 3.63) is 70.9 Å². The molecule has 1 radical (unpaired) electrons. The fraction of sp³-hybridized carbons (Fsp3) is 0.211. The first-order chi connectivity index (χ1) is 12.0. The van der Waals surface area contributed by atoms with E-state index in [1.165, 1.54) is 5.01 Å². The molecule has 0 saturated heterocycles. The van der Waals surface area contributed by atoms with Crippen molar-refractivity contribution in [2.45, 2.75) is 12.6 Å². The number of hydrogen-bond acceptors (Lipinski definition) is 5. The fourth-order valence-corrected chi connectivity index (χ4v) is 2.96. The predicted octanol–water partition coefficient (Wildman–Crippen LogP) is 2.83. The monoisotopic (exact) mass is 357 g/mol. The molecular weight excluding hydrogens is 340 g/mol. The Morgan fingerprint density at radius 3 is 2.56 bits per heavy atom.